The highest BCUT2D eigenvalue weighted by Crippen LogP contribution is 2.26. The summed E-state index contributed by atoms with van der Waals surface area (Å²) in [7, 11) is -3.16. The zero-order valence-corrected chi connectivity index (χ0v) is 16.7. The van der Waals surface area contributed by atoms with Crippen LogP contribution in [0.3, 0.4) is 0 Å². The van der Waals surface area contributed by atoms with E-state index in [9.17, 15) is 8.42 Å². The van der Waals surface area contributed by atoms with E-state index in [1.54, 1.807) is 0 Å². The Morgan fingerprint density at radius 3 is 1.25 bits per heavy atom. The molecule has 0 unspecified atom stereocenters. The van der Waals surface area contributed by atoms with Gasteiger partial charge in [0.2, 0.25) is 0 Å². The van der Waals surface area contributed by atoms with E-state index in [4.69, 9.17) is 0 Å². The minimum Gasteiger partial charge on any atom is -0.229 e. The van der Waals surface area contributed by atoms with Crippen LogP contribution in [0, 0.1) is 0 Å². The van der Waals surface area contributed by atoms with E-state index in [1.165, 1.54) is 6.26 Å². The predicted octanol–water partition coefficient (Wildman–Crippen LogP) is 5.33. The first-order chi connectivity index (χ1) is 11.4. The highest BCUT2D eigenvalue weighted by molar-refractivity contribution is 7.92. The van der Waals surface area contributed by atoms with Crippen molar-refractivity contribution in [1.29, 1.82) is 0 Å². The minimum atomic E-state index is -3.16. The fourth-order valence-electron chi connectivity index (χ4n) is 2.38. The number of sulfone groups is 1. The van der Waals surface area contributed by atoms with Crippen molar-refractivity contribution < 1.29 is 8.42 Å². The fraction of sp³-hybridized carbons (Fsp3) is 0.429. The SMILES string of the molecule is CC.CC.CC(Cc1ccccc1)(Cc1ccccc1)S(C)(=O)=O. The molecule has 0 N–H and O–H groups in total. The van der Waals surface area contributed by atoms with Crippen molar-refractivity contribution in [3.63, 3.8) is 0 Å². The van der Waals surface area contributed by atoms with E-state index < -0.39 is 14.6 Å². The van der Waals surface area contributed by atoms with Gasteiger partial charge in [0.1, 0.15) is 0 Å². The zero-order valence-electron chi connectivity index (χ0n) is 15.9. The molecule has 0 aliphatic rings. The van der Waals surface area contributed by atoms with Gasteiger partial charge in [0.05, 0.1) is 4.75 Å². The van der Waals surface area contributed by atoms with E-state index >= 15 is 0 Å². The van der Waals surface area contributed by atoms with Gasteiger partial charge >= 0.3 is 0 Å². The van der Waals surface area contributed by atoms with Gasteiger partial charge < -0.3 is 0 Å². The summed E-state index contributed by atoms with van der Waals surface area (Å²) in [6.45, 7) is 9.84. The van der Waals surface area contributed by atoms with Crippen LogP contribution in [0.5, 0.6) is 0 Å². The van der Waals surface area contributed by atoms with E-state index in [0.29, 0.717) is 12.8 Å². The van der Waals surface area contributed by atoms with Crippen LogP contribution < -0.4 is 0 Å². The molecule has 3 heteroatoms. The molecule has 0 spiro atoms. The average molecular weight is 349 g/mol. The molecule has 134 valence electrons. The van der Waals surface area contributed by atoms with Gasteiger partial charge in [0.25, 0.3) is 0 Å². The average Bonchev–Trinajstić information content (AvgIpc) is 2.59. The smallest absolute Gasteiger partial charge is 0.153 e. The molecule has 24 heavy (non-hydrogen) atoms. The summed E-state index contributed by atoms with van der Waals surface area (Å²) in [5, 5.41) is 0. The Labute approximate surface area is 148 Å². The second kappa shape index (κ2) is 11.0. The third-order valence-corrected chi connectivity index (χ3v) is 5.82. The molecule has 2 nitrogen and oxygen atoms in total. The lowest BCUT2D eigenvalue weighted by Gasteiger charge is -2.28. The quantitative estimate of drug-likeness (QED) is 0.732. The Hall–Kier alpha value is -1.61. The third-order valence-electron chi connectivity index (χ3n) is 3.74. The van der Waals surface area contributed by atoms with Crippen LogP contribution in [0.25, 0.3) is 0 Å². The van der Waals surface area contributed by atoms with Crippen LogP contribution in [0.4, 0.5) is 0 Å². The van der Waals surface area contributed by atoms with Crippen molar-refractivity contribution in [1.82, 2.24) is 0 Å². The summed E-state index contributed by atoms with van der Waals surface area (Å²) in [5.74, 6) is 0. The third kappa shape index (κ3) is 6.88. The molecule has 0 aromatic heterocycles. The van der Waals surface area contributed by atoms with Crippen molar-refractivity contribution >= 4 is 9.84 Å². The molecule has 0 aliphatic carbocycles. The van der Waals surface area contributed by atoms with Gasteiger partial charge in [-0.2, -0.15) is 0 Å². The molecular weight excluding hydrogens is 316 g/mol. The van der Waals surface area contributed by atoms with Gasteiger partial charge in [-0.3, -0.25) is 0 Å². The van der Waals surface area contributed by atoms with Crippen molar-refractivity contribution in [2.75, 3.05) is 6.26 Å². The van der Waals surface area contributed by atoms with E-state index in [-0.39, 0.29) is 0 Å². The van der Waals surface area contributed by atoms with Crippen LogP contribution >= 0.6 is 0 Å². The second-order valence-corrected chi connectivity index (χ2v) is 8.08. The largest absolute Gasteiger partial charge is 0.229 e. The Balaban J connectivity index is 0.00000123. The predicted molar refractivity (Wildman–Crippen MR) is 106 cm³/mol. The molecule has 2 aromatic carbocycles. The second-order valence-electron chi connectivity index (χ2n) is 5.55. The standard InChI is InChI=1S/C17H20O2S.2C2H6/c1-17(20(2,18)19,13-15-9-5-3-6-10-15)14-16-11-7-4-8-12-16;2*1-2/h3-12H,13-14H2,1-2H3;2*1-2H3. The van der Waals surface area contributed by atoms with Crippen LogP contribution in [-0.2, 0) is 22.7 Å². The molecule has 2 rings (SSSR count). The van der Waals surface area contributed by atoms with Gasteiger partial charge in [0.15, 0.2) is 9.84 Å². The first-order valence-electron chi connectivity index (χ1n) is 8.68. The van der Waals surface area contributed by atoms with Crippen LogP contribution in [0.1, 0.15) is 45.7 Å². The summed E-state index contributed by atoms with van der Waals surface area (Å²) in [4.78, 5) is 0. The molecule has 0 radical (unpaired) electrons. The first kappa shape index (κ1) is 22.4. The lowest BCUT2D eigenvalue weighted by Crippen LogP contribution is -2.39. The normalized spacial score (nSPS) is 10.8. The van der Waals surface area contributed by atoms with Crippen molar-refractivity contribution in [3.05, 3.63) is 71.8 Å². The van der Waals surface area contributed by atoms with E-state index in [2.05, 4.69) is 0 Å². The number of benzene rings is 2. The molecule has 2 aromatic rings. The van der Waals surface area contributed by atoms with Gasteiger partial charge in [-0.25, -0.2) is 8.42 Å². The van der Waals surface area contributed by atoms with Crippen molar-refractivity contribution in [3.8, 4) is 0 Å². The highest BCUT2D eigenvalue weighted by Gasteiger charge is 2.35. The highest BCUT2D eigenvalue weighted by atomic mass is 32.2. The number of hydrogen-bond acceptors (Lipinski definition) is 2. The van der Waals surface area contributed by atoms with Crippen LogP contribution in [0.15, 0.2) is 60.7 Å². The maximum absolute atomic E-state index is 12.3. The summed E-state index contributed by atoms with van der Waals surface area (Å²) in [5.41, 5.74) is 2.10. The van der Waals surface area contributed by atoms with Crippen LogP contribution in [-0.4, -0.2) is 19.4 Å². The molecule has 0 amide bonds. The zero-order chi connectivity index (χ0) is 18.6. The maximum atomic E-state index is 12.3. The Morgan fingerprint density at radius 1 is 0.708 bits per heavy atom. The molecule has 0 saturated heterocycles. The van der Waals surface area contributed by atoms with Gasteiger partial charge in [-0.05, 0) is 30.9 Å². The summed E-state index contributed by atoms with van der Waals surface area (Å²) in [6.07, 6.45) is 2.39. The topological polar surface area (TPSA) is 34.1 Å². The van der Waals surface area contributed by atoms with Crippen molar-refractivity contribution in [2.45, 2.75) is 52.2 Å². The summed E-state index contributed by atoms with van der Waals surface area (Å²) < 4.78 is 23.7. The van der Waals surface area contributed by atoms with E-state index in [0.717, 1.165) is 11.1 Å². The lowest BCUT2D eigenvalue weighted by molar-refractivity contribution is 0.527. The molecule has 0 saturated carbocycles. The molecule has 0 bridgehead atoms. The Bertz CT molecular complexity index is 605. The molecular formula is C21H32O2S. The molecule has 0 heterocycles. The first-order valence-corrected chi connectivity index (χ1v) is 10.6. The summed E-state index contributed by atoms with van der Waals surface area (Å²) >= 11 is 0. The van der Waals surface area contributed by atoms with Gasteiger partial charge in [-0.1, -0.05) is 88.4 Å². The number of rotatable bonds is 5. The summed E-state index contributed by atoms with van der Waals surface area (Å²) in [6, 6.07) is 19.6. The molecule has 0 atom stereocenters. The van der Waals surface area contributed by atoms with Gasteiger partial charge in [-0.15, -0.1) is 0 Å². The van der Waals surface area contributed by atoms with Crippen LogP contribution in [0.2, 0.25) is 0 Å². The fourth-order valence-corrected chi connectivity index (χ4v) is 3.24. The van der Waals surface area contributed by atoms with E-state index in [1.807, 2.05) is 95.3 Å². The van der Waals surface area contributed by atoms with Gasteiger partial charge in [0, 0.05) is 6.26 Å². The lowest BCUT2D eigenvalue weighted by atomic mass is 9.93. The molecule has 0 aliphatic heterocycles. The minimum absolute atomic E-state index is 0.529. The Kier molecular flexibility index (Phi) is 10.3. The number of hydrogen-bond donors (Lipinski definition) is 0. The van der Waals surface area contributed by atoms with Crippen molar-refractivity contribution in [2.24, 2.45) is 0 Å². The monoisotopic (exact) mass is 348 g/mol. The molecule has 0 fully saturated rings. The maximum Gasteiger partial charge on any atom is 0.153 e. The Morgan fingerprint density at radius 2 is 1.00 bits per heavy atom.